The molecule has 1 aliphatic rings. The van der Waals surface area contributed by atoms with Crippen molar-refractivity contribution in [3.05, 3.63) is 60.3 Å². The second kappa shape index (κ2) is 9.01. The summed E-state index contributed by atoms with van der Waals surface area (Å²) >= 11 is 0. The number of nitrogens with one attached hydrogen (secondary N) is 1. The number of aryl methyl sites for hydroxylation is 1. The summed E-state index contributed by atoms with van der Waals surface area (Å²) < 4.78 is 13.2. The Morgan fingerprint density at radius 2 is 1.97 bits per heavy atom. The number of carbonyl (C=O) groups excluding carboxylic acids is 1. The van der Waals surface area contributed by atoms with Gasteiger partial charge in [-0.15, -0.1) is 0 Å². The van der Waals surface area contributed by atoms with Gasteiger partial charge < -0.3 is 24.3 Å². The van der Waals surface area contributed by atoms with Crippen molar-refractivity contribution in [3.63, 3.8) is 0 Å². The highest BCUT2D eigenvalue weighted by atomic mass is 16.5. The first-order valence-corrected chi connectivity index (χ1v) is 10.1. The Labute approximate surface area is 171 Å². The molecule has 0 radical (unpaired) electrons. The third-order valence-electron chi connectivity index (χ3n) is 5.33. The van der Waals surface area contributed by atoms with E-state index >= 15 is 0 Å². The van der Waals surface area contributed by atoms with E-state index in [1.807, 2.05) is 24.3 Å². The third-order valence-corrected chi connectivity index (χ3v) is 5.33. The molecule has 6 heteroatoms. The summed E-state index contributed by atoms with van der Waals surface area (Å²) in [7, 11) is 1.66. The molecule has 2 aromatic carbocycles. The van der Waals surface area contributed by atoms with E-state index in [1.54, 1.807) is 7.11 Å². The molecule has 0 bridgehead atoms. The lowest BCUT2D eigenvalue weighted by atomic mass is 10.1. The van der Waals surface area contributed by atoms with E-state index in [1.165, 1.54) is 10.9 Å². The third kappa shape index (κ3) is 4.38. The standard InChI is InChI=1S/C23H27N3O3/c1-28-22-8-7-19(17-21(22)26-13-15-29-16-14-26)23(27)24-10-4-11-25-12-9-18-5-2-3-6-20(18)25/h2-3,5-9,12,17H,4,10-11,13-16H2,1H3,(H,24,27). The molecule has 1 aromatic heterocycles. The van der Waals surface area contributed by atoms with Gasteiger partial charge in [0.1, 0.15) is 5.75 Å². The normalized spacial score (nSPS) is 14.2. The molecule has 152 valence electrons. The van der Waals surface area contributed by atoms with E-state index in [2.05, 4.69) is 45.2 Å². The fraction of sp³-hybridized carbons (Fsp3) is 0.348. The maximum absolute atomic E-state index is 12.7. The number of benzene rings is 2. The van der Waals surface area contributed by atoms with Crippen molar-refractivity contribution in [1.82, 2.24) is 9.88 Å². The van der Waals surface area contributed by atoms with Gasteiger partial charge in [0.25, 0.3) is 5.91 Å². The van der Waals surface area contributed by atoms with Crippen molar-refractivity contribution >= 4 is 22.5 Å². The Hall–Kier alpha value is -2.99. The molecule has 6 nitrogen and oxygen atoms in total. The Bertz CT molecular complexity index is 976. The summed E-state index contributed by atoms with van der Waals surface area (Å²) in [5, 5.41) is 4.28. The number of amides is 1. The van der Waals surface area contributed by atoms with Crippen LogP contribution in [0, 0.1) is 0 Å². The van der Waals surface area contributed by atoms with Crippen molar-refractivity contribution in [2.45, 2.75) is 13.0 Å². The van der Waals surface area contributed by atoms with Gasteiger partial charge >= 0.3 is 0 Å². The summed E-state index contributed by atoms with van der Waals surface area (Å²) in [6, 6.07) is 16.1. The maximum atomic E-state index is 12.7. The first-order chi connectivity index (χ1) is 14.3. The average Bonchev–Trinajstić information content (AvgIpc) is 3.20. The minimum absolute atomic E-state index is 0.0560. The van der Waals surface area contributed by atoms with Crippen LogP contribution in [-0.4, -0.2) is 50.4 Å². The van der Waals surface area contributed by atoms with Crippen LogP contribution in [0.15, 0.2) is 54.7 Å². The van der Waals surface area contributed by atoms with Gasteiger partial charge in [-0.05, 0) is 42.1 Å². The maximum Gasteiger partial charge on any atom is 0.251 e. The predicted molar refractivity (Wildman–Crippen MR) is 115 cm³/mol. The topological polar surface area (TPSA) is 55.7 Å². The molecule has 0 aliphatic carbocycles. The van der Waals surface area contributed by atoms with Gasteiger partial charge in [0, 0.05) is 43.5 Å². The van der Waals surface area contributed by atoms with E-state index in [-0.39, 0.29) is 5.91 Å². The van der Waals surface area contributed by atoms with Gasteiger partial charge in [-0.2, -0.15) is 0 Å². The second-order valence-electron chi connectivity index (χ2n) is 7.16. The van der Waals surface area contributed by atoms with Crippen molar-refractivity contribution in [3.8, 4) is 5.75 Å². The Morgan fingerprint density at radius 1 is 1.14 bits per heavy atom. The van der Waals surface area contributed by atoms with Crippen LogP contribution in [0.2, 0.25) is 0 Å². The zero-order chi connectivity index (χ0) is 20.1. The zero-order valence-electron chi connectivity index (χ0n) is 16.8. The van der Waals surface area contributed by atoms with Crippen molar-refractivity contribution in [2.24, 2.45) is 0 Å². The molecule has 1 N–H and O–H groups in total. The lowest BCUT2D eigenvalue weighted by molar-refractivity contribution is 0.0952. The van der Waals surface area contributed by atoms with Crippen LogP contribution in [0.4, 0.5) is 5.69 Å². The van der Waals surface area contributed by atoms with Crippen molar-refractivity contribution in [2.75, 3.05) is 44.9 Å². The number of nitrogens with zero attached hydrogens (tertiary/aromatic N) is 2. The molecule has 4 rings (SSSR count). The molecule has 0 atom stereocenters. The molecule has 3 aromatic rings. The molecule has 0 spiro atoms. The fourth-order valence-electron chi connectivity index (χ4n) is 3.77. The van der Waals surface area contributed by atoms with E-state index in [0.717, 1.165) is 37.5 Å². The average molecular weight is 393 g/mol. The highest BCUT2D eigenvalue weighted by molar-refractivity contribution is 5.95. The van der Waals surface area contributed by atoms with E-state index in [9.17, 15) is 4.79 Å². The number of rotatable bonds is 7. The van der Waals surface area contributed by atoms with E-state index in [0.29, 0.717) is 25.3 Å². The fourth-order valence-corrected chi connectivity index (χ4v) is 3.77. The number of hydrogen-bond acceptors (Lipinski definition) is 4. The molecular formula is C23H27N3O3. The largest absolute Gasteiger partial charge is 0.495 e. The van der Waals surface area contributed by atoms with Crippen LogP contribution in [0.3, 0.4) is 0 Å². The van der Waals surface area contributed by atoms with Crippen LogP contribution >= 0.6 is 0 Å². The molecule has 1 saturated heterocycles. The first kappa shape index (κ1) is 19.3. The highest BCUT2D eigenvalue weighted by Crippen LogP contribution is 2.30. The number of methoxy groups -OCH3 is 1. The van der Waals surface area contributed by atoms with Crippen LogP contribution in [0.1, 0.15) is 16.8 Å². The van der Waals surface area contributed by atoms with Gasteiger partial charge in [-0.1, -0.05) is 18.2 Å². The monoisotopic (exact) mass is 393 g/mol. The van der Waals surface area contributed by atoms with Crippen LogP contribution in [0.25, 0.3) is 10.9 Å². The quantitative estimate of drug-likeness (QED) is 0.626. The Morgan fingerprint density at radius 3 is 2.79 bits per heavy atom. The minimum atomic E-state index is -0.0560. The van der Waals surface area contributed by atoms with Crippen LogP contribution in [0.5, 0.6) is 5.75 Å². The number of anilines is 1. The number of fused-ring (bicyclic) bond motifs is 1. The van der Waals surface area contributed by atoms with E-state index in [4.69, 9.17) is 9.47 Å². The molecule has 2 heterocycles. The Kier molecular flexibility index (Phi) is 6.00. The SMILES string of the molecule is COc1ccc(C(=O)NCCCn2ccc3ccccc32)cc1N1CCOCC1. The smallest absolute Gasteiger partial charge is 0.251 e. The van der Waals surface area contributed by atoms with Crippen LogP contribution in [-0.2, 0) is 11.3 Å². The van der Waals surface area contributed by atoms with Gasteiger partial charge in [0.2, 0.25) is 0 Å². The number of carbonyl (C=O) groups is 1. The molecule has 1 amide bonds. The van der Waals surface area contributed by atoms with Crippen molar-refractivity contribution in [1.29, 1.82) is 0 Å². The molecule has 0 saturated carbocycles. The number of hydrogen-bond donors (Lipinski definition) is 1. The number of ether oxygens (including phenoxy) is 2. The Balaban J connectivity index is 1.35. The van der Waals surface area contributed by atoms with Gasteiger partial charge in [-0.3, -0.25) is 4.79 Å². The van der Waals surface area contributed by atoms with Gasteiger partial charge in [0.05, 0.1) is 26.0 Å². The number of morpholine rings is 1. The second-order valence-corrected chi connectivity index (χ2v) is 7.16. The molecule has 29 heavy (non-hydrogen) atoms. The number of aromatic nitrogens is 1. The summed E-state index contributed by atoms with van der Waals surface area (Å²) in [6.45, 7) is 4.47. The summed E-state index contributed by atoms with van der Waals surface area (Å²) in [4.78, 5) is 14.9. The molecular weight excluding hydrogens is 366 g/mol. The van der Waals surface area contributed by atoms with Gasteiger partial charge in [-0.25, -0.2) is 0 Å². The summed E-state index contributed by atoms with van der Waals surface area (Å²) in [5.41, 5.74) is 2.82. The first-order valence-electron chi connectivity index (χ1n) is 10.1. The highest BCUT2D eigenvalue weighted by Gasteiger charge is 2.17. The molecule has 1 aliphatic heterocycles. The molecule has 1 fully saturated rings. The summed E-state index contributed by atoms with van der Waals surface area (Å²) in [5.74, 6) is 0.725. The lowest BCUT2D eigenvalue weighted by Crippen LogP contribution is -2.36. The van der Waals surface area contributed by atoms with Crippen molar-refractivity contribution < 1.29 is 14.3 Å². The van der Waals surface area contributed by atoms with Crippen LogP contribution < -0.4 is 15.0 Å². The number of para-hydroxylation sites is 1. The lowest BCUT2D eigenvalue weighted by Gasteiger charge is -2.30. The van der Waals surface area contributed by atoms with E-state index < -0.39 is 0 Å². The molecule has 0 unspecified atom stereocenters. The predicted octanol–water partition coefficient (Wildman–Crippen LogP) is 3.31. The minimum Gasteiger partial charge on any atom is -0.495 e. The van der Waals surface area contributed by atoms with Gasteiger partial charge in [0.15, 0.2) is 0 Å². The summed E-state index contributed by atoms with van der Waals surface area (Å²) in [6.07, 6.45) is 2.97. The zero-order valence-corrected chi connectivity index (χ0v) is 16.8.